The molecule has 0 spiro atoms. The zero-order valence-electron chi connectivity index (χ0n) is 13.1. The van der Waals surface area contributed by atoms with Gasteiger partial charge >= 0.3 is 0 Å². The van der Waals surface area contributed by atoms with Crippen LogP contribution >= 0.6 is 23.1 Å². The minimum atomic E-state index is -3.25. The van der Waals surface area contributed by atoms with Crippen LogP contribution in [-0.4, -0.2) is 54.7 Å². The van der Waals surface area contributed by atoms with Crippen molar-refractivity contribution in [1.29, 1.82) is 5.26 Å². The summed E-state index contributed by atoms with van der Waals surface area (Å²) in [7, 11) is -3.25. The number of aromatic nitrogens is 1. The Bertz CT molecular complexity index is 717. The number of nitrogens with zero attached hydrogens (tertiary/aromatic N) is 3. The smallest absolute Gasteiger partial charge is 0.217 e. The second-order valence-electron chi connectivity index (χ2n) is 5.96. The van der Waals surface area contributed by atoms with Gasteiger partial charge in [-0.15, -0.1) is 0 Å². The predicted molar refractivity (Wildman–Crippen MR) is 92.8 cm³/mol. The molecule has 1 aromatic heterocycles. The third-order valence-electron chi connectivity index (χ3n) is 4.50. The number of ether oxygens (including phenoxy) is 1. The summed E-state index contributed by atoms with van der Waals surface area (Å²) in [5.74, 6) is 0. The number of nitrogens with one attached hydrogen (secondary N) is 1. The molecule has 2 saturated heterocycles. The Morgan fingerprint density at radius 3 is 2.58 bits per heavy atom. The van der Waals surface area contributed by atoms with E-state index in [0.717, 1.165) is 11.5 Å². The first-order chi connectivity index (χ1) is 11.5. The van der Waals surface area contributed by atoms with E-state index in [2.05, 4.69) is 9.69 Å². The average molecular weight is 391 g/mol. The van der Waals surface area contributed by atoms with Crippen molar-refractivity contribution < 1.29 is 13.2 Å². The Labute approximate surface area is 150 Å². The van der Waals surface area contributed by atoms with Crippen LogP contribution in [0.3, 0.4) is 0 Å². The number of nitriles is 1. The predicted octanol–water partition coefficient (Wildman–Crippen LogP) is 2.05. The van der Waals surface area contributed by atoms with Crippen molar-refractivity contribution in [2.45, 2.75) is 37.0 Å². The lowest BCUT2D eigenvalue weighted by Gasteiger charge is -2.35. The maximum absolute atomic E-state index is 12.7. The van der Waals surface area contributed by atoms with Crippen molar-refractivity contribution in [1.82, 2.24) is 8.68 Å². The number of hydrogen-bond donors (Lipinski definition) is 1. The highest BCUT2D eigenvalue weighted by atomic mass is 35.5. The average Bonchev–Trinajstić information content (AvgIpc) is 2.95. The number of piperidine rings is 1. The monoisotopic (exact) mass is 390 g/mol. The van der Waals surface area contributed by atoms with E-state index in [1.54, 1.807) is 4.31 Å². The molecule has 0 unspecified atom stereocenters. The second-order valence-corrected chi connectivity index (χ2v) is 9.31. The molecule has 0 amide bonds. The fourth-order valence-electron chi connectivity index (χ4n) is 3.09. The first kappa shape index (κ1) is 17.9. The van der Waals surface area contributed by atoms with Gasteiger partial charge in [-0.05, 0) is 37.2 Å². The van der Waals surface area contributed by atoms with Gasteiger partial charge in [-0.3, -0.25) is 0 Å². The van der Waals surface area contributed by atoms with Crippen molar-refractivity contribution in [2.24, 2.45) is 0 Å². The van der Waals surface area contributed by atoms with Crippen LogP contribution in [0.4, 0.5) is 5.00 Å². The molecule has 2 fully saturated rings. The molecule has 0 aliphatic carbocycles. The van der Waals surface area contributed by atoms with E-state index in [1.807, 2.05) is 6.07 Å². The molecule has 0 saturated carbocycles. The summed E-state index contributed by atoms with van der Waals surface area (Å²) in [6.45, 7) is 2.02. The van der Waals surface area contributed by atoms with Crippen LogP contribution in [0.5, 0.6) is 0 Å². The summed E-state index contributed by atoms with van der Waals surface area (Å²) in [6, 6.07) is 2.16. The largest absolute Gasteiger partial charge is 0.381 e. The lowest BCUT2D eigenvalue weighted by Crippen LogP contribution is -2.47. The lowest BCUT2D eigenvalue weighted by molar-refractivity contribution is 0.0969. The Kier molecular flexibility index (Phi) is 5.62. The third-order valence-corrected chi connectivity index (χ3v) is 8.05. The van der Waals surface area contributed by atoms with Crippen molar-refractivity contribution in [2.75, 3.05) is 31.6 Å². The van der Waals surface area contributed by atoms with E-state index in [4.69, 9.17) is 21.6 Å². The molecule has 7 nitrogen and oxygen atoms in total. The summed E-state index contributed by atoms with van der Waals surface area (Å²) < 4.78 is 36.2. The van der Waals surface area contributed by atoms with Crippen LogP contribution in [0, 0.1) is 11.3 Å². The Morgan fingerprint density at radius 1 is 1.29 bits per heavy atom. The first-order valence-corrected chi connectivity index (χ1v) is 10.6. The topological polar surface area (TPSA) is 95.3 Å². The zero-order valence-corrected chi connectivity index (χ0v) is 15.5. The molecule has 3 heterocycles. The number of halogens is 1. The Morgan fingerprint density at radius 2 is 1.96 bits per heavy atom. The second kappa shape index (κ2) is 7.54. The van der Waals surface area contributed by atoms with Gasteiger partial charge in [0, 0.05) is 32.3 Å². The molecule has 24 heavy (non-hydrogen) atoms. The third kappa shape index (κ3) is 3.68. The normalized spacial score (nSPS) is 21.5. The van der Waals surface area contributed by atoms with E-state index in [9.17, 15) is 8.42 Å². The minimum absolute atomic E-state index is 0.120. The molecule has 2 aliphatic rings. The van der Waals surface area contributed by atoms with Gasteiger partial charge in [0.2, 0.25) is 10.0 Å². The molecule has 1 N–H and O–H groups in total. The molecule has 132 valence electrons. The maximum Gasteiger partial charge on any atom is 0.217 e. The highest BCUT2D eigenvalue weighted by Gasteiger charge is 2.35. The minimum Gasteiger partial charge on any atom is -0.381 e. The van der Waals surface area contributed by atoms with Gasteiger partial charge in [-0.25, -0.2) is 12.7 Å². The fraction of sp³-hybridized carbons (Fsp3) is 0.714. The lowest BCUT2D eigenvalue weighted by atomic mass is 10.1. The molecule has 0 radical (unpaired) electrons. The molecular weight excluding hydrogens is 372 g/mol. The summed E-state index contributed by atoms with van der Waals surface area (Å²) in [5.41, 5.74) is 0.360. The van der Waals surface area contributed by atoms with E-state index in [0.29, 0.717) is 62.6 Å². The molecule has 1 aromatic rings. The highest BCUT2D eigenvalue weighted by Crippen LogP contribution is 2.30. The maximum atomic E-state index is 12.7. The Hall–Kier alpha value is -0.920. The molecular formula is C14H19ClN4O3S2. The van der Waals surface area contributed by atoms with E-state index < -0.39 is 10.0 Å². The summed E-state index contributed by atoms with van der Waals surface area (Å²) >= 11 is 7.03. The van der Waals surface area contributed by atoms with Crippen LogP contribution in [0.25, 0.3) is 0 Å². The van der Waals surface area contributed by atoms with Crippen LogP contribution in [0.15, 0.2) is 0 Å². The molecule has 0 bridgehead atoms. The van der Waals surface area contributed by atoms with Crippen molar-refractivity contribution in [3.8, 4) is 6.07 Å². The molecule has 2 aliphatic heterocycles. The molecule has 0 aromatic carbocycles. The Balaban J connectivity index is 1.58. The van der Waals surface area contributed by atoms with E-state index in [1.165, 1.54) is 0 Å². The van der Waals surface area contributed by atoms with Crippen molar-refractivity contribution in [3.05, 3.63) is 10.7 Å². The highest BCUT2D eigenvalue weighted by molar-refractivity contribution is 7.89. The number of rotatable bonds is 4. The van der Waals surface area contributed by atoms with Gasteiger partial charge < -0.3 is 10.1 Å². The SMILES string of the molecule is N#Cc1c(Cl)nsc1NC1CCN(S(=O)(=O)C2CCOCC2)CC1. The van der Waals surface area contributed by atoms with Gasteiger partial charge in [-0.1, -0.05) is 11.6 Å². The van der Waals surface area contributed by atoms with Gasteiger partial charge in [0.1, 0.15) is 16.6 Å². The molecule has 10 heteroatoms. The quantitative estimate of drug-likeness (QED) is 0.845. The van der Waals surface area contributed by atoms with Gasteiger partial charge in [-0.2, -0.15) is 9.64 Å². The van der Waals surface area contributed by atoms with Crippen molar-refractivity contribution in [3.63, 3.8) is 0 Å². The fourth-order valence-corrected chi connectivity index (χ4v) is 6.03. The summed E-state index contributed by atoms with van der Waals surface area (Å²) in [5, 5.41) is 12.9. The molecule has 0 atom stereocenters. The van der Waals surface area contributed by atoms with Crippen LogP contribution in [0.1, 0.15) is 31.2 Å². The van der Waals surface area contributed by atoms with Crippen molar-refractivity contribution >= 4 is 38.2 Å². The van der Waals surface area contributed by atoms with Crippen LogP contribution in [-0.2, 0) is 14.8 Å². The summed E-state index contributed by atoms with van der Waals surface area (Å²) in [6.07, 6.45) is 2.54. The summed E-state index contributed by atoms with van der Waals surface area (Å²) in [4.78, 5) is 0. The number of hydrogen-bond acceptors (Lipinski definition) is 7. The van der Waals surface area contributed by atoms with E-state index >= 15 is 0 Å². The van der Waals surface area contributed by atoms with Gasteiger partial charge in [0.15, 0.2) is 5.15 Å². The van der Waals surface area contributed by atoms with E-state index in [-0.39, 0.29) is 16.4 Å². The zero-order chi connectivity index (χ0) is 17.2. The van der Waals surface area contributed by atoms with Crippen LogP contribution in [0.2, 0.25) is 5.15 Å². The van der Waals surface area contributed by atoms with Gasteiger partial charge in [0.25, 0.3) is 0 Å². The number of anilines is 1. The van der Waals surface area contributed by atoms with Gasteiger partial charge in [0.05, 0.1) is 5.25 Å². The molecule has 3 rings (SSSR count). The number of sulfonamides is 1. The standard InChI is InChI=1S/C14H19ClN4O3S2/c15-13-12(9-16)14(23-18-13)17-10-1-5-19(6-2-10)24(20,21)11-3-7-22-8-4-11/h10-11,17H,1-8H2. The first-order valence-electron chi connectivity index (χ1n) is 7.91. The van der Waals surface area contributed by atoms with Crippen LogP contribution < -0.4 is 5.32 Å².